The maximum Gasteiger partial charge on any atom is 0.315 e. The number of hydrogen-bond donors (Lipinski definition) is 5. The molecule has 1 aromatic rings. The molecule has 0 aromatic heterocycles. The SMILES string of the molecule is O=C(CCCC[C@@H]1SC[C@@H]2NC(=O)N[C@@H]21)NCc1ccc(O)c(O)c1. The Balaban J connectivity index is 1.32. The summed E-state index contributed by atoms with van der Waals surface area (Å²) in [6.07, 6.45) is 3.21. The van der Waals surface area contributed by atoms with Crippen molar-refractivity contribution in [2.45, 2.75) is 49.6 Å². The normalized spacial score (nSPS) is 24.5. The molecule has 2 heterocycles. The van der Waals surface area contributed by atoms with Crippen molar-refractivity contribution < 1.29 is 19.8 Å². The van der Waals surface area contributed by atoms with Crippen LogP contribution in [0.15, 0.2) is 18.2 Å². The van der Waals surface area contributed by atoms with Crippen molar-refractivity contribution in [2.75, 3.05) is 5.75 Å². The quantitative estimate of drug-likeness (QED) is 0.285. The number of carbonyl (C=O) groups excluding carboxylic acids is 2. The molecule has 0 bridgehead atoms. The lowest BCUT2D eigenvalue weighted by Crippen LogP contribution is -2.36. The van der Waals surface area contributed by atoms with Crippen molar-refractivity contribution >= 4 is 23.7 Å². The summed E-state index contributed by atoms with van der Waals surface area (Å²) < 4.78 is 0. The number of aromatic hydroxyl groups is 2. The monoisotopic (exact) mass is 365 g/mol. The Morgan fingerprint density at radius 3 is 2.88 bits per heavy atom. The highest BCUT2D eigenvalue weighted by atomic mass is 32.2. The van der Waals surface area contributed by atoms with Gasteiger partial charge < -0.3 is 26.2 Å². The average Bonchev–Trinajstić information content (AvgIpc) is 3.12. The van der Waals surface area contributed by atoms with Crippen LogP contribution in [-0.4, -0.2) is 45.2 Å². The van der Waals surface area contributed by atoms with Crippen LogP contribution in [0.5, 0.6) is 11.5 Å². The predicted molar refractivity (Wildman–Crippen MR) is 95.6 cm³/mol. The minimum absolute atomic E-state index is 0.0275. The number of rotatable bonds is 7. The summed E-state index contributed by atoms with van der Waals surface area (Å²) in [6.45, 7) is 0.326. The van der Waals surface area contributed by atoms with Gasteiger partial charge >= 0.3 is 6.03 Å². The largest absolute Gasteiger partial charge is 0.504 e. The van der Waals surface area contributed by atoms with Crippen molar-refractivity contribution in [3.8, 4) is 11.5 Å². The summed E-state index contributed by atoms with van der Waals surface area (Å²) in [4.78, 5) is 23.2. The van der Waals surface area contributed by atoms with Crippen molar-refractivity contribution in [1.29, 1.82) is 0 Å². The van der Waals surface area contributed by atoms with Crippen molar-refractivity contribution in [1.82, 2.24) is 16.0 Å². The van der Waals surface area contributed by atoms with E-state index in [1.807, 2.05) is 11.8 Å². The third-order valence-electron chi connectivity index (χ3n) is 4.61. The minimum atomic E-state index is -0.187. The Morgan fingerprint density at radius 1 is 1.24 bits per heavy atom. The van der Waals surface area contributed by atoms with Gasteiger partial charge in [0.15, 0.2) is 11.5 Å². The van der Waals surface area contributed by atoms with Gasteiger partial charge in [-0.25, -0.2) is 4.79 Å². The van der Waals surface area contributed by atoms with E-state index >= 15 is 0 Å². The number of nitrogens with one attached hydrogen (secondary N) is 3. The zero-order valence-electron chi connectivity index (χ0n) is 13.8. The maximum absolute atomic E-state index is 11.9. The topological polar surface area (TPSA) is 111 Å². The highest BCUT2D eigenvalue weighted by molar-refractivity contribution is 8.00. The number of fused-ring (bicyclic) bond motifs is 1. The Hall–Kier alpha value is -2.09. The fourth-order valence-corrected chi connectivity index (χ4v) is 4.79. The predicted octanol–water partition coefficient (Wildman–Crippen LogP) is 1.44. The second-order valence-electron chi connectivity index (χ2n) is 6.47. The molecule has 0 unspecified atom stereocenters. The first-order chi connectivity index (χ1) is 12.0. The molecule has 136 valence electrons. The fraction of sp³-hybridized carbons (Fsp3) is 0.529. The van der Waals surface area contributed by atoms with Crippen LogP contribution in [0, 0.1) is 0 Å². The second kappa shape index (κ2) is 7.86. The number of hydrogen-bond acceptors (Lipinski definition) is 5. The number of unbranched alkanes of at least 4 members (excludes halogenated alkanes) is 1. The van der Waals surface area contributed by atoms with E-state index in [1.165, 1.54) is 12.1 Å². The summed E-state index contributed by atoms with van der Waals surface area (Å²) >= 11 is 1.88. The Bertz CT molecular complexity index is 655. The van der Waals surface area contributed by atoms with Gasteiger partial charge in [0.2, 0.25) is 5.91 Å². The molecule has 2 fully saturated rings. The number of amides is 3. The molecular formula is C17H23N3O4S. The molecule has 0 saturated carbocycles. The highest BCUT2D eigenvalue weighted by Crippen LogP contribution is 2.33. The lowest BCUT2D eigenvalue weighted by atomic mass is 10.0. The number of benzene rings is 1. The first-order valence-corrected chi connectivity index (χ1v) is 9.54. The molecule has 2 aliphatic rings. The molecule has 25 heavy (non-hydrogen) atoms. The van der Waals surface area contributed by atoms with Gasteiger partial charge in [0, 0.05) is 24.0 Å². The zero-order valence-corrected chi connectivity index (χ0v) is 14.6. The molecule has 8 heteroatoms. The van der Waals surface area contributed by atoms with Gasteiger partial charge in [0.25, 0.3) is 0 Å². The van der Waals surface area contributed by atoms with E-state index in [4.69, 9.17) is 0 Å². The molecule has 2 aliphatic heterocycles. The molecule has 3 rings (SSSR count). The number of urea groups is 1. The third kappa shape index (κ3) is 4.50. The van der Waals surface area contributed by atoms with Gasteiger partial charge in [-0.1, -0.05) is 12.5 Å². The number of phenolic OH excluding ortho intramolecular Hbond substituents is 2. The van der Waals surface area contributed by atoms with Crippen LogP contribution >= 0.6 is 11.8 Å². The van der Waals surface area contributed by atoms with Gasteiger partial charge in [-0.3, -0.25) is 4.79 Å². The van der Waals surface area contributed by atoms with Crippen LogP contribution in [-0.2, 0) is 11.3 Å². The van der Waals surface area contributed by atoms with Crippen molar-refractivity contribution in [2.24, 2.45) is 0 Å². The van der Waals surface area contributed by atoms with E-state index < -0.39 is 0 Å². The second-order valence-corrected chi connectivity index (χ2v) is 7.74. The van der Waals surface area contributed by atoms with Crippen LogP contribution < -0.4 is 16.0 Å². The smallest absolute Gasteiger partial charge is 0.315 e. The van der Waals surface area contributed by atoms with Crippen molar-refractivity contribution in [3.63, 3.8) is 0 Å². The molecule has 1 aromatic carbocycles. The molecule has 0 radical (unpaired) electrons. The minimum Gasteiger partial charge on any atom is -0.504 e. The van der Waals surface area contributed by atoms with Gasteiger partial charge in [0.05, 0.1) is 12.1 Å². The summed E-state index contributed by atoms with van der Waals surface area (Å²) in [6, 6.07) is 4.89. The van der Waals surface area contributed by atoms with Gasteiger partial charge in [-0.05, 0) is 30.5 Å². The van der Waals surface area contributed by atoms with E-state index in [2.05, 4.69) is 16.0 Å². The van der Waals surface area contributed by atoms with E-state index in [9.17, 15) is 19.8 Å². The Kier molecular flexibility index (Phi) is 5.57. The van der Waals surface area contributed by atoms with Crippen LogP contribution in [0.2, 0.25) is 0 Å². The molecule has 3 amide bonds. The van der Waals surface area contributed by atoms with Crippen molar-refractivity contribution in [3.05, 3.63) is 23.8 Å². The van der Waals surface area contributed by atoms with Crippen LogP contribution in [0.25, 0.3) is 0 Å². The molecule has 5 N–H and O–H groups in total. The first-order valence-electron chi connectivity index (χ1n) is 8.49. The molecule has 0 aliphatic carbocycles. The van der Waals surface area contributed by atoms with E-state index in [1.54, 1.807) is 6.07 Å². The molecule has 2 saturated heterocycles. The zero-order chi connectivity index (χ0) is 17.8. The van der Waals surface area contributed by atoms with E-state index in [0.29, 0.717) is 18.2 Å². The molecule has 7 nitrogen and oxygen atoms in total. The highest BCUT2D eigenvalue weighted by Gasteiger charge is 2.42. The van der Waals surface area contributed by atoms with Gasteiger partial charge in [0.1, 0.15) is 0 Å². The van der Waals surface area contributed by atoms with Gasteiger partial charge in [-0.15, -0.1) is 0 Å². The lowest BCUT2D eigenvalue weighted by molar-refractivity contribution is -0.121. The average molecular weight is 365 g/mol. The fourth-order valence-electron chi connectivity index (χ4n) is 3.24. The molecular weight excluding hydrogens is 342 g/mol. The summed E-state index contributed by atoms with van der Waals surface area (Å²) in [7, 11) is 0. The van der Waals surface area contributed by atoms with Gasteiger partial charge in [-0.2, -0.15) is 11.8 Å². The van der Waals surface area contributed by atoms with E-state index in [0.717, 1.165) is 30.6 Å². The Morgan fingerprint density at radius 2 is 2.08 bits per heavy atom. The standard InChI is InChI=1S/C17H23N3O4S/c21-12-6-5-10(7-13(12)22)8-18-15(23)4-2-1-3-14-16-11(9-25-14)19-17(24)20-16/h5-7,11,14,16,21-22H,1-4,8-9H2,(H,18,23)(H2,19,20,24)/t11-,14-,16-/m0/s1. The van der Waals surface area contributed by atoms with E-state index in [-0.39, 0.29) is 35.5 Å². The lowest BCUT2D eigenvalue weighted by Gasteiger charge is -2.16. The summed E-state index contributed by atoms with van der Waals surface area (Å²) in [5, 5.41) is 27.8. The number of phenols is 2. The number of carbonyl (C=O) groups is 2. The first kappa shape index (κ1) is 17.7. The molecule has 3 atom stereocenters. The van der Waals surface area contributed by atoms with Crippen LogP contribution in [0.1, 0.15) is 31.2 Å². The summed E-state index contributed by atoms with van der Waals surface area (Å²) in [5.74, 6) is 0.567. The van der Waals surface area contributed by atoms with Crippen LogP contribution in [0.3, 0.4) is 0 Å². The Labute approximate surface area is 150 Å². The molecule has 0 spiro atoms. The third-order valence-corrected chi connectivity index (χ3v) is 6.12. The summed E-state index contributed by atoms with van der Waals surface area (Å²) in [5.41, 5.74) is 0.738. The van der Waals surface area contributed by atoms with Crippen LogP contribution in [0.4, 0.5) is 4.79 Å². The number of thioether (sulfide) groups is 1. The maximum atomic E-state index is 11.9.